The summed E-state index contributed by atoms with van der Waals surface area (Å²) in [5.41, 5.74) is 8.72. The average Bonchev–Trinajstić information content (AvgIpc) is 2.44. The van der Waals surface area contributed by atoms with Crippen LogP contribution in [0.5, 0.6) is 11.5 Å². The number of nitrogens with zero attached hydrogens (tertiary/aromatic N) is 1. The van der Waals surface area contributed by atoms with E-state index in [1.54, 1.807) is 6.20 Å². The highest BCUT2D eigenvalue weighted by atomic mass is 16.5. The molecule has 0 aliphatic rings. The zero-order chi connectivity index (χ0) is 13.2. The summed E-state index contributed by atoms with van der Waals surface area (Å²) in [6.45, 7) is 2.01. The Morgan fingerprint density at radius 2 is 1.79 bits per heavy atom. The number of fused-ring (bicyclic) bond motifs is 1. The number of para-hydroxylation sites is 1. The molecule has 3 aromatic rings. The molecule has 0 saturated heterocycles. The van der Waals surface area contributed by atoms with Gasteiger partial charge in [0.25, 0.3) is 0 Å². The van der Waals surface area contributed by atoms with Crippen molar-refractivity contribution < 1.29 is 4.74 Å². The van der Waals surface area contributed by atoms with E-state index < -0.39 is 0 Å². The molecule has 0 saturated carbocycles. The van der Waals surface area contributed by atoms with E-state index in [2.05, 4.69) is 4.98 Å². The van der Waals surface area contributed by atoms with Crippen LogP contribution in [0.3, 0.4) is 0 Å². The van der Waals surface area contributed by atoms with Gasteiger partial charge in [0.1, 0.15) is 5.75 Å². The molecule has 0 aliphatic heterocycles. The van der Waals surface area contributed by atoms with Crippen LogP contribution in [0.4, 0.5) is 5.69 Å². The van der Waals surface area contributed by atoms with Gasteiger partial charge >= 0.3 is 0 Å². The molecular formula is C16H14N2O. The number of rotatable bonds is 2. The number of nitrogen functional groups attached to an aromatic ring is 1. The third kappa shape index (κ3) is 2.10. The molecule has 3 heteroatoms. The number of hydrogen-bond donors (Lipinski definition) is 1. The topological polar surface area (TPSA) is 48.1 Å². The molecule has 0 bridgehead atoms. The van der Waals surface area contributed by atoms with Crippen molar-refractivity contribution in [3.05, 3.63) is 60.3 Å². The van der Waals surface area contributed by atoms with Gasteiger partial charge in [0.15, 0.2) is 5.75 Å². The number of aromatic nitrogens is 1. The van der Waals surface area contributed by atoms with Crippen LogP contribution in [-0.2, 0) is 0 Å². The number of pyridine rings is 1. The highest BCUT2D eigenvalue weighted by molar-refractivity contribution is 5.93. The van der Waals surface area contributed by atoms with Crippen molar-refractivity contribution in [3.63, 3.8) is 0 Å². The molecule has 0 aliphatic carbocycles. The summed E-state index contributed by atoms with van der Waals surface area (Å²) in [5, 5.41) is 0.911. The van der Waals surface area contributed by atoms with Gasteiger partial charge in [0, 0.05) is 11.6 Å². The smallest absolute Gasteiger partial charge is 0.151 e. The van der Waals surface area contributed by atoms with Crippen LogP contribution in [0.2, 0.25) is 0 Å². The number of benzene rings is 2. The van der Waals surface area contributed by atoms with Gasteiger partial charge in [-0.3, -0.25) is 4.98 Å². The first-order valence-electron chi connectivity index (χ1n) is 6.12. The lowest BCUT2D eigenvalue weighted by molar-refractivity contribution is 0.482. The van der Waals surface area contributed by atoms with Gasteiger partial charge in [-0.15, -0.1) is 0 Å². The summed E-state index contributed by atoms with van der Waals surface area (Å²) in [6.07, 6.45) is 1.75. The van der Waals surface area contributed by atoms with E-state index in [-0.39, 0.29) is 0 Å². The van der Waals surface area contributed by atoms with Gasteiger partial charge in [-0.25, -0.2) is 0 Å². The number of aryl methyl sites for hydroxylation is 1. The Hall–Kier alpha value is -2.55. The Kier molecular flexibility index (Phi) is 2.80. The van der Waals surface area contributed by atoms with Crippen molar-refractivity contribution in [2.24, 2.45) is 0 Å². The van der Waals surface area contributed by atoms with Gasteiger partial charge < -0.3 is 10.5 Å². The first-order valence-corrected chi connectivity index (χ1v) is 6.12. The zero-order valence-corrected chi connectivity index (χ0v) is 10.6. The van der Waals surface area contributed by atoms with Crippen LogP contribution < -0.4 is 10.5 Å². The largest absolute Gasteiger partial charge is 0.455 e. The molecule has 0 unspecified atom stereocenters. The summed E-state index contributed by atoms with van der Waals surface area (Å²) in [7, 11) is 0. The van der Waals surface area contributed by atoms with E-state index in [0.717, 1.165) is 22.2 Å². The SMILES string of the molecule is Cc1ccccc1Oc1ccc2ncccc2c1N. The van der Waals surface area contributed by atoms with Crippen LogP contribution in [0, 0.1) is 6.92 Å². The third-order valence-corrected chi connectivity index (χ3v) is 3.10. The monoisotopic (exact) mass is 250 g/mol. The van der Waals surface area contributed by atoms with Crippen LogP contribution in [-0.4, -0.2) is 4.98 Å². The van der Waals surface area contributed by atoms with Crippen molar-refractivity contribution in [3.8, 4) is 11.5 Å². The molecule has 0 fully saturated rings. The fourth-order valence-electron chi connectivity index (χ4n) is 2.03. The van der Waals surface area contributed by atoms with E-state index in [1.165, 1.54) is 0 Å². The van der Waals surface area contributed by atoms with Crippen LogP contribution in [0.25, 0.3) is 10.9 Å². The molecule has 0 spiro atoms. The third-order valence-electron chi connectivity index (χ3n) is 3.10. The second-order valence-corrected chi connectivity index (χ2v) is 4.42. The summed E-state index contributed by atoms with van der Waals surface area (Å²) in [4.78, 5) is 4.27. The Morgan fingerprint density at radius 1 is 0.947 bits per heavy atom. The Balaban J connectivity index is 2.07. The number of ether oxygens (including phenoxy) is 1. The van der Waals surface area contributed by atoms with E-state index in [9.17, 15) is 0 Å². The van der Waals surface area contributed by atoms with Crippen molar-refractivity contribution in [1.29, 1.82) is 0 Å². The Bertz CT molecular complexity index is 738. The maximum Gasteiger partial charge on any atom is 0.151 e. The van der Waals surface area contributed by atoms with Crippen LogP contribution in [0.15, 0.2) is 54.7 Å². The molecule has 0 radical (unpaired) electrons. The fraction of sp³-hybridized carbons (Fsp3) is 0.0625. The van der Waals surface area contributed by atoms with Crippen molar-refractivity contribution >= 4 is 16.6 Å². The molecule has 3 rings (SSSR count). The molecule has 0 atom stereocenters. The lowest BCUT2D eigenvalue weighted by Crippen LogP contribution is -1.95. The number of hydrogen-bond acceptors (Lipinski definition) is 3. The van der Waals surface area contributed by atoms with Crippen LogP contribution in [0.1, 0.15) is 5.56 Å². The van der Waals surface area contributed by atoms with E-state index in [1.807, 2.05) is 55.5 Å². The lowest BCUT2D eigenvalue weighted by atomic mass is 10.1. The summed E-state index contributed by atoms with van der Waals surface area (Å²) >= 11 is 0. The Labute approximate surface area is 111 Å². The lowest BCUT2D eigenvalue weighted by Gasteiger charge is -2.12. The van der Waals surface area contributed by atoms with Gasteiger partial charge in [0.05, 0.1) is 11.2 Å². The zero-order valence-electron chi connectivity index (χ0n) is 10.6. The summed E-state index contributed by atoms with van der Waals surface area (Å²) < 4.78 is 5.90. The van der Waals surface area contributed by atoms with Crippen molar-refractivity contribution in [2.45, 2.75) is 6.92 Å². The maximum atomic E-state index is 6.15. The number of nitrogens with two attached hydrogens (primary N) is 1. The Morgan fingerprint density at radius 3 is 2.63 bits per heavy atom. The van der Waals surface area contributed by atoms with Gasteiger partial charge in [-0.1, -0.05) is 18.2 Å². The molecule has 1 heterocycles. The molecule has 2 aromatic carbocycles. The molecule has 1 aromatic heterocycles. The second-order valence-electron chi connectivity index (χ2n) is 4.42. The normalized spacial score (nSPS) is 10.6. The molecule has 94 valence electrons. The van der Waals surface area contributed by atoms with E-state index in [0.29, 0.717) is 11.4 Å². The molecular weight excluding hydrogens is 236 g/mol. The van der Waals surface area contributed by atoms with Gasteiger partial charge in [-0.2, -0.15) is 0 Å². The fourth-order valence-corrected chi connectivity index (χ4v) is 2.03. The minimum atomic E-state index is 0.619. The average molecular weight is 250 g/mol. The highest BCUT2D eigenvalue weighted by Gasteiger charge is 2.08. The minimum absolute atomic E-state index is 0.619. The first-order chi connectivity index (χ1) is 9.25. The minimum Gasteiger partial charge on any atom is -0.455 e. The first kappa shape index (κ1) is 11.5. The van der Waals surface area contributed by atoms with Crippen LogP contribution >= 0.6 is 0 Å². The number of anilines is 1. The standard InChI is InChI=1S/C16H14N2O/c1-11-5-2-3-7-14(11)19-15-9-8-13-12(16(15)17)6-4-10-18-13/h2-10H,17H2,1H3. The maximum absolute atomic E-state index is 6.15. The van der Waals surface area contributed by atoms with Crippen molar-refractivity contribution in [2.75, 3.05) is 5.73 Å². The molecule has 0 amide bonds. The summed E-state index contributed by atoms with van der Waals surface area (Å²) in [6, 6.07) is 15.5. The quantitative estimate of drug-likeness (QED) is 0.701. The molecule has 19 heavy (non-hydrogen) atoms. The van der Waals surface area contributed by atoms with Crippen molar-refractivity contribution in [1.82, 2.24) is 4.98 Å². The predicted octanol–water partition coefficient (Wildman–Crippen LogP) is 3.92. The predicted molar refractivity (Wildman–Crippen MR) is 77.4 cm³/mol. The second kappa shape index (κ2) is 4.61. The highest BCUT2D eigenvalue weighted by Crippen LogP contribution is 2.33. The molecule has 2 N–H and O–H groups in total. The van der Waals surface area contributed by atoms with E-state index in [4.69, 9.17) is 10.5 Å². The van der Waals surface area contributed by atoms with Gasteiger partial charge in [-0.05, 0) is 42.8 Å². The molecule has 3 nitrogen and oxygen atoms in total. The summed E-state index contributed by atoms with van der Waals surface area (Å²) in [5.74, 6) is 1.48. The van der Waals surface area contributed by atoms with E-state index >= 15 is 0 Å². The van der Waals surface area contributed by atoms with Gasteiger partial charge in [0.2, 0.25) is 0 Å².